The number of urea groups is 1. The largest absolute Gasteiger partial charge is 0.464 e. The molecule has 2 aliphatic rings. The first-order valence-corrected chi connectivity index (χ1v) is 6.41. The van der Waals surface area contributed by atoms with Crippen LogP contribution in [-0.4, -0.2) is 42.1 Å². The number of piperidine rings is 1. The number of hydrogen-bond acceptors (Lipinski definition) is 3. The summed E-state index contributed by atoms with van der Waals surface area (Å²) in [5.41, 5.74) is 0. The van der Waals surface area contributed by atoms with E-state index in [-0.39, 0.29) is 24.1 Å². The van der Waals surface area contributed by atoms with Crippen molar-refractivity contribution in [2.75, 3.05) is 13.2 Å². The lowest BCUT2D eigenvalue weighted by atomic mass is 9.99. The zero-order valence-electron chi connectivity index (χ0n) is 10.4. The van der Waals surface area contributed by atoms with Crippen molar-refractivity contribution in [3.05, 3.63) is 0 Å². The van der Waals surface area contributed by atoms with Gasteiger partial charge in [-0.15, -0.1) is 0 Å². The molecule has 0 aromatic carbocycles. The van der Waals surface area contributed by atoms with E-state index in [0.717, 1.165) is 19.3 Å². The molecule has 17 heavy (non-hydrogen) atoms. The number of hydrogen-bond donors (Lipinski definition) is 1. The molecule has 5 nitrogen and oxygen atoms in total. The number of esters is 1. The third-order valence-corrected chi connectivity index (χ3v) is 3.68. The van der Waals surface area contributed by atoms with Gasteiger partial charge in [-0.1, -0.05) is 0 Å². The summed E-state index contributed by atoms with van der Waals surface area (Å²) in [6, 6.07) is -0.265. The Kier molecular flexibility index (Phi) is 3.54. The van der Waals surface area contributed by atoms with E-state index in [1.165, 1.54) is 0 Å². The number of ether oxygens (including phenoxy) is 1. The van der Waals surface area contributed by atoms with E-state index >= 15 is 0 Å². The average molecular weight is 240 g/mol. The fourth-order valence-electron chi connectivity index (χ4n) is 3.05. The van der Waals surface area contributed by atoms with Crippen molar-refractivity contribution in [3.8, 4) is 0 Å². The molecule has 2 fully saturated rings. The van der Waals surface area contributed by atoms with Crippen molar-refractivity contribution >= 4 is 12.0 Å². The summed E-state index contributed by atoms with van der Waals surface area (Å²) in [4.78, 5) is 25.6. The molecule has 5 heteroatoms. The van der Waals surface area contributed by atoms with Gasteiger partial charge >= 0.3 is 12.0 Å². The van der Waals surface area contributed by atoms with Crippen LogP contribution in [0, 0.1) is 5.92 Å². The van der Waals surface area contributed by atoms with Crippen LogP contribution < -0.4 is 5.32 Å². The quantitative estimate of drug-likeness (QED) is 0.752. The Hall–Kier alpha value is -1.26. The summed E-state index contributed by atoms with van der Waals surface area (Å²) in [6.07, 6.45) is 2.99. The Labute approximate surface area is 101 Å². The maximum Gasteiger partial charge on any atom is 0.329 e. The van der Waals surface area contributed by atoms with E-state index in [1.807, 2.05) is 6.92 Å². The van der Waals surface area contributed by atoms with Gasteiger partial charge in [0.05, 0.1) is 6.61 Å². The van der Waals surface area contributed by atoms with Crippen LogP contribution in [0.4, 0.5) is 4.79 Å². The Morgan fingerprint density at radius 3 is 2.76 bits per heavy atom. The second-order valence-corrected chi connectivity index (χ2v) is 4.67. The second kappa shape index (κ2) is 4.94. The number of likely N-dealkylation sites (tertiary alicyclic amines) is 1. The van der Waals surface area contributed by atoms with Crippen molar-refractivity contribution in [2.24, 2.45) is 5.92 Å². The number of fused-ring (bicyclic) bond motifs is 2. The highest BCUT2D eigenvalue weighted by Gasteiger charge is 2.51. The smallest absolute Gasteiger partial charge is 0.329 e. The molecular weight excluding hydrogens is 220 g/mol. The highest BCUT2D eigenvalue weighted by Crippen LogP contribution is 2.42. The molecule has 2 amide bonds. The Morgan fingerprint density at radius 1 is 1.35 bits per heavy atom. The normalized spacial score (nSPS) is 30.5. The fourth-order valence-corrected chi connectivity index (χ4v) is 3.05. The van der Waals surface area contributed by atoms with Crippen LogP contribution in [0.15, 0.2) is 0 Å². The average Bonchev–Trinajstić information content (AvgIpc) is 2.89. The predicted octanol–water partition coefficient (Wildman–Crippen LogP) is 1.13. The topological polar surface area (TPSA) is 58.6 Å². The van der Waals surface area contributed by atoms with Crippen LogP contribution in [0.25, 0.3) is 0 Å². The van der Waals surface area contributed by atoms with Crippen LogP contribution in [-0.2, 0) is 9.53 Å². The SMILES string of the molecule is CCNC(=O)N1[C@H]2CC[C@H](C2)[C@@H]1C(=O)OCC. The van der Waals surface area contributed by atoms with Gasteiger partial charge in [-0.2, -0.15) is 0 Å². The first kappa shape index (κ1) is 12.2. The lowest BCUT2D eigenvalue weighted by Gasteiger charge is -2.33. The molecule has 1 saturated carbocycles. The van der Waals surface area contributed by atoms with Crippen molar-refractivity contribution in [1.82, 2.24) is 10.2 Å². The molecule has 0 spiro atoms. The standard InChI is InChI=1S/C12H20N2O3/c1-3-13-12(16)14-9-6-5-8(7-9)10(14)11(15)17-4-2/h8-10H,3-7H2,1-2H3,(H,13,16)/t8-,9+,10-/m1/s1. The number of rotatable bonds is 3. The highest BCUT2D eigenvalue weighted by atomic mass is 16.5. The molecule has 2 bridgehead atoms. The molecule has 3 atom stereocenters. The number of nitrogens with one attached hydrogen (secondary N) is 1. The zero-order valence-corrected chi connectivity index (χ0v) is 10.4. The molecule has 0 aromatic heterocycles. The summed E-state index contributed by atoms with van der Waals surface area (Å²) < 4.78 is 5.08. The van der Waals surface area contributed by atoms with E-state index < -0.39 is 0 Å². The molecule has 0 radical (unpaired) electrons. The highest BCUT2D eigenvalue weighted by molar-refractivity contribution is 5.85. The van der Waals surface area contributed by atoms with Gasteiger partial charge in [0, 0.05) is 12.6 Å². The maximum atomic E-state index is 12.0. The summed E-state index contributed by atoms with van der Waals surface area (Å²) in [5, 5.41) is 2.78. The van der Waals surface area contributed by atoms with Gasteiger partial charge in [0.25, 0.3) is 0 Å². The van der Waals surface area contributed by atoms with Crippen LogP contribution in [0.5, 0.6) is 0 Å². The van der Waals surface area contributed by atoms with Crippen LogP contribution in [0.3, 0.4) is 0 Å². The third-order valence-electron chi connectivity index (χ3n) is 3.68. The molecule has 2 rings (SSSR count). The van der Waals surface area contributed by atoms with Gasteiger partial charge in [-0.3, -0.25) is 0 Å². The molecule has 1 aliphatic heterocycles. The molecule has 1 heterocycles. The number of nitrogens with zero attached hydrogens (tertiary/aromatic N) is 1. The number of amides is 2. The molecule has 1 saturated heterocycles. The number of carbonyl (C=O) groups is 2. The van der Waals surface area contributed by atoms with Crippen LogP contribution >= 0.6 is 0 Å². The first-order valence-electron chi connectivity index (χ1n) is 6.41. The van der Waals surface area contributed by atoms with Gasteiger partial charge in [-0.25, -0.2) is 9.59 Å². The molecule has 1 aliphatic carbocycles. The van der Waals surface area contributed by atoms with Gasteiger partial charge < -0.3 is 15.0 Å². The number of carbonyl (C=O) groups excluding carboxylic acids is 2. The van der Waals surface area contributed by atoms with E-state index in [1.54, 1.807) is 11.8 Å². The Morgan fingerprint density at radius 2 is 2.12 bits per heavy atom. The Balaban J connectivity index is 2.11. The summed E-state index contributed by atoms with van der Waals surface area (Å²) in [6.45, 7) is 4.63. The van der Waals surface area contributed by atoms with Gasteiger partial charge in [-0.05, 0) is 39.0 Å². The molecular formula is C12H20N2O3. The summed E-state index contributed by atoms with van der Waals surface area (Å²) in [7, 11) is 0. The van der Waals surface area contributed by atoms with Crippen molar-refractivity contribution in [2.45, 2.75) is 45.2 Å². The molecule has 96 valence electrons. The van der Waals surface area contributed by atoms with E-state index in [2.05, 4.69) is 5.32 Å². The van der Waals surface area contributed by atoms with E-state index in [4.69, 9.17) is 4.74 Å². The summed E-state index contributed by atoms with van der Waals surface area (Å²) >= 11 is 0. The zero-order chi connectivity index (χ0) is 12.4. The third kappa shape index (κ3) is 2.10. The lowest BCUT2D eigenvalue weighted by molar-refractivity contribution is -0.149. The fraction of sp³-hybridized carbons (Fsp3) is 0.833. The Bertz CT molecular complexity index is 289. The molecule has 0 aromatic rings. The second-order valence-electron chi connectivity index (χ2n) is 4.67. The monoisotopic (exact) mass is 240 g/mol. The lowest BCUT2D eigenvalue weighted by Crippen LogP contribution is -2.53. The minimum Gasteiger partial charge on any atom is -0.464 e. The van der Waals surface area contributed by atoms with Crippen molar-refractivity contribution < 1.29 is 14.3 Å². The minimum absolute atomic E-state index is 0.127. The van der Waals surface area contributed by atoms with E-state index in [9.17, 15) is 9.59 Å². The van der Waals surface area contributed by atoms with E-state index in [0.29, 0.717) is 19.1 Å². The molecule has 0 unspecified atom stereocenters. The van der Waals surface area contributed by atoms with Crippen LogP contribution in [0.1, 0.15) is 33.1 Å². The van der Waals surface area contributed by atoms with Crippen molar-refractivity contribution in [3.63, 3.8) is 0 Å². The first-order chi connectivity index (χ1) is 8.19. The van der Waals surface area contributed by atoms with Gasteiger partial charge in [0.1, 0.15) is 6.04 Å². The van der Waals surface area contributed by atoms with Crippen molar-refractivity contribution in [1.29, 1.82) is 0 Å². The maximum absolute atomic E-state index is 12.0. The summed E-state index contributed by atoms with van der Waals surface area (Å²) in [5.74, 6) is 0.0487. The minimum atomic E-state index is -0.361. The van der Waals surface area contributed by atoms with Gasteiger partial charge in [0.15, 0.2) is 0 Å². The predicted molar refractivity (Wildman–Crippen MR) is 62.5 cm³/mol. The molecule has 1 N–H and O–H groups in total. The van der Waals surface area contributed by atoms with Gasteiger partial charge in [0.2, 0.25) is 0 Å². The van der Waals surface area contributed by atoms with Crippen LogP contribution in [0.2, 0.25) is 0 Å².